The minimum absolute atomic E-state index is 0.324. The molecule has 2 N–H and O–H groups in total. The highest BCUT2D eigenvalue weighted by Gasteiger charge is 2.14. The molecule has 1 aromatic carbocycles. The number of aromatic nitrogens is 2. The molecule has 0 amide bonds. The topological polar surface area (TPSA) is 61.0 Å². The maximum absolute atomic E-state index is 13.3. The first-order chi connectivity index (χ1) is 9.02. The van der Waals surface area contributed by atoms with Crippen LogP contribution in [0.25, 0.3) is 11.4 Å². The van der Waals surface area contributed by atoms with E-state index in [1.807, 2.05) is 0 Å². The summed E-state index contributed by atoms with van der Waals surface area (Å²) in [7, 11) is 1.58. The van der Waals surface area contributed by atoms with E-state index in [4.69, 9.17) is 10.5 Å². The van der Waals surface area contributed by atoms with Gasteiger partial charge in [-0.3, -0.25) is 0 Å². The van der Waals surface area contributed by atoms with E-state index in [1.165, 1.54) is 12.1 Å². The van der Waals surface area contributed by atoms with Crippen LogP contribution in [0.2, 0.25) is 0 Å². The summed E-state index contributed by atoms with van der Waals surface area (Å²) in [4.78, 5) is 8.57. The largest absolute Gasteiger partial charge is 0.383 e. The molecular weight excluding hydrogens is 428 g/mol. The lowest BCUT2D eigenvalue weighted by Crippen LogP contribution is -2.06. The Morgan fingerprint density at radius 3 is 2.84 bits per heavy atom. The highest BCUT2D eigenvalue weighted by atomic mass is 127. The van der Waals surface area contributed by atoms with Gasteiger partial charge in [-0.25, -0.2) is 14.4 Å². The zero-order chi connectivity index (χ0) is 14.0. The molecule has 0 aliphatic heterocycles. The van der Waals surface area contributed by atoms with Crippen molar-refractivity contribution in [2.45, 2.75) is 6.61 Å². The number of methoxy groups -OCH3 is 1. The maximum atomic E-state index is 13.3. The Morgan fingerprint density at radius 2 is 2.16 bits per heavy atom. The third-order valence-corrected chi connectivity index (χ3v) is 4.26. The number of benzene rings is 1. The summed E-state index contributed by atoms with van der Waals surface area (Å²) in [6.45, 7) is 0.324. The summed E-state index contributed by atoms with van der Waals surface area (Å²) < 4.78 is 19.9. The van der Waals surface area contributed by atoms with Crippen molar-refractivity contribution < 1.29 is 9.13 Å². The molecule has 0 aliphatic rings. The van der Waals surface area contributed by atoms with Crippen LogP contribution in [-0.2, 0) is 11.3 Å². The van der Waals surface area contributed by atoms with Crippen LogP contribution in [0.15, 0.2) is 22.7 Å². The van der Waals surface area contributed by atoms with Crippen LogP contribution in [0, 0.1) is 9.39 Å². The Kier molecular flexibility index (Phi) is 4.69. The third kappa shape index (κ3) is 3.21. The molecule has 2 aromatic rings. The van der Waals surface area contributed by atoms with E-state index < -0.39 is 0 Å². The highest BCUT2D eigenvalue weighted by Crippen LogP contribution is 2.29. The first-order valence-corrected chi connectivity index (χ1v) is 7.16. The van der Waals surface area contributed by atoms with Crippen LogP contribution < -0.4 is 5.73 Å². The molecule has 0 unspecified atom stereocenters. The van der Waals surface area contributed by atoms with Gasteiger partial charge < -0.3 is 10.5 Å². The first kappa shape index (κ1) is 14.6. The molecule has 2 rings (SSSR count). The smallest absolute Gasteiger partial charge is 0.163 e. The van der Waals surface area contributed by atoms with Gasteiger partial charge in [-0.1, -0.05) is 15.9 Å². The molecule has 19 heavy (non-hydrogen) atoms. The molecule has 0 spiro atoms. The van der Waals surface area contributed by atoms with Crippen LogP contribution in [0.5, 0.6) is 0 Å². The third-order valence-electron chi connectivity index (χ3n) is 2.40. The van der Waals surface area contributed by atoms with E-state index in [9.17, 15) is 4.39 Å². The van der Waals surface area contributed by atoms with Crippen LogP contribution in [-0.4, -0.2) is 17.1 Å². The summed E-state index contributed by atoms with van der Waals surface area (Å²) in [6, 6.07) is 4.33. The second-order valence-corrected chi connectivity index (χ2v) is 5.68. The van der Waals surface area contributed by atoms with Crippen LogP contribution in [0.3, 0.4) is 0 Å². The number of nitrogens with zero attached hydrogens (tertiary/aromatic N) is 2. The van der Waals surface area contributed by atoms with Gasteiger partial charge in [0.1, 0.15) is 11.6 Å². The van der Waals surface area contributed by atoms with Crippen molar-refractivity contribution in [1.82, 2.24) is 9.97 Å². The Balaban J connectivity index is 2.59. The predicted octanol–water partition coefficient (Wildman–Crippen LogP) is 3.38. The minimum Gasteiger partial charge on any atom is -0.383 e. The van der Waals surface area contributed by atoms with Gasteiger partial charge in [0.2, 0.25) is 0 Å². The van der Waals surface area contributed by atoms with E-state index in [-0.39, 0.29) is 5.82 Å². The predicted molar refractivity (Wildman–Crippen MR) is 83.0 cm³/mol. The summed E-state index contributed by atoms with van der Waals surface area (Å²) in [5.74, 6) is 0.373. The van der Waals surface area contributed by atoms with Crippen molar-refractivity contribution in [1.29, 1.82) is 0 Å². The van der Waals surface area contributed by atoms with Gasteiger partial charge in [0, 0.05) is 17.1 Å². The molecule has 1 aromatic heterocycles. The molecule has 1 heterocycles. The molecule has 0 saturated carbocycles. The van der Waals surface area contributed by atoms with Gasteiger partial charge in [-0.05, 0) is 40.8 Å². The zero-order valence-corrected chi connectivity index (χ0v) is 13.7. The van der Waals surface area contributed by atoms with E-state index in [0.717, 1.165) is 3.57 Å². The second kappa shape index (κ2) is 6.10. The standard InChI is InChI=1S/C12H10BrFIN3O/c1-19-5-9-10(15)11(16)18-12(17-9)7-4-6(14)2-3-8(7)13/h2-4H,5H2,1H3,(H2,16,17,18). The molecule has 0 aliphatic carbocycles. The molecule has 0 fully saturated rings. The fourth-order valence-corrected chi connectivity index (χ4v) is 2.36. The molecule has 4 nitrogen and oxygen atoms in total. The lowest BCUT2D eigenvalue weighted by molar-refractivity contribution is 0.181. The summed E-state index contributed by atoms with van der Waals surface area (Å²) >= 11 is 5.42. The van der Waals surface area contributed by atoms with Crippen molar-refractivity contribution in [3.63, 3.8) is 0 Å². The van der Waals surface area contributed by atoms with Crippen molar-refractivity contribution in [2.75, 3.05) is 12.8 Å². The Bertz CT molecular complexity index is 624. The fraction of sp³-hybridized carbons (Fsp3) is 0.167. The van der Waals surface area contributed by atoms with E-state index >= 15 is 0 Å². The Hall–Kier alpha value is -0.800. The van der Waals surface area contributed by atoms with Crippen LogP contribution >= 0.6 is 38.5 Å². The highest BCUT2D eigenvalue weighted by molar-refractivity contribution is 14.1. The van der Waals surface area contributed by atoms with E-state index in [0.29, 0.717) is 34.0 Å². The average molecular weight is 438 g/mol. The van der Waals surface area contributed by atoms with Gasteiger partial charge in [0.15, 0.2) is 5.82 Å². The van der Waals surface area contributed by atoms with Crippen molar-refractivity contribution in [2.24, 2.45) is 0 Å². The Labute approximate surface area is 131 Å². The molecule has 7 heteroatoms. The van der Waals surface area contributed by atoms with Crippen molar-refractivity contribution in [3.8, 4) is 11.4 Å². The lowest BCUT2D eigenvalue weighted by atomic mass is 10.2. The summed E-state index contributed by atoms with van der Waals surface area (Å²) in [5, 5.41) is 0. The van der Waals surface area contributed by atoms with Gasteiger partial charge >= 0.3 is 0 Å². The number of halogens is 3. The van der Waals surface area contributed by atoms with Gasteiger partial charge in [-0.15, -0.1) is 0 Å². The maximum Gasteiger partial charge on any atom is 0.163 e. The molecule has 0 radical (unpaired) electrons. The zero-order valence-electron chi connectivity index (χ0n) is 9.95. The normalized spacial score (nSPS) is 10.7. The lowest BCUT2D eigenvalue weighted by Gasteiger charge is -2.09. The number of hydrogen-bond acceptors (Lipinski definition) is 4. The average Bonchev–Trinajstić information content (AvgIpc) is 2.38. The fourth-order valence-electron chi connectivity index (χ4n) is 1.53. The molecular formula is C12H10BrFIN3O. The van der Waals surface area contributed by atoms with Gasteiger partial charge in [0.25, 0.3) is 0 Å². The number of anilines is 1. The van der Waals surface area contributed by atoms with Crippen molar-refractivity contribution >= 4 is 44.3 Å². The second-order valence-electron chi connectivity index (χ2n) is 3.75. The van der Waals surface area contributed by atoms with E-state index in [2.05, 4.69) is 48.5 Å². The van der Waals surface area contributed by atoms with E-state index in [1.54, 1.807) is 13.2 Å². The molecule has 0 atom stereocenters. The summed E-state index contributed by atoms with van der Waals surface area (Å²) in [5.41, 5.74) is 7.09. The van der Waals surface area contributed by atoms with Gasteiger partial charge in [-0.2, -0.15) is 0 Å². The van der Waals surface area contributed by atoms with Crippen molar-refractivity contribution in [3.05, 3.63) is 37.8 Å². The minimum atomic E-state index is -0.354. The first-order valence-electron chi connectivity index (χ1n) is 5.29. The number of nitrogens with two attached hydrogens (primary N) is 1. The number of ether oxygens (including phenoxy) is 1. The van der Waals surface area contributed by atoms with Crippen LogP contribution in [0.1, 0.15) is 5.69 Å². The Morgan fingerprint density at radius 1 is 1.42 bits per heavy atom. The molecule has 0 saturated heterocycles. The quantitative estimate of drug-likeness (QED) is 0.748. The SMILES string of the molecule is COCc1nc(-c2cc(F)ccc2Br)nc(N)c1I. The van der Waals surface area contributed by atoms with Crippen LogP contribution in [0.4, 0.5) is 10.2 Å². The number of nitrogen functional groups attached to an aromatic ring is 1. The molecule has 0 bridgehead atoms. The number of rotatable bonds is 3. The monoisotopic (exact) mass is 437 g/mol. The summed E-state index contributed by atoms with van der Waals surface area (Å²) in [6.07, 6.45) is 0. The van der Waals surface area contributed by atoms with Gasteiger partial charge in [0.05, 0.1) is 15.9 Å². The number of hydrogen-bond donors (Lipinski definition) is 1. The molecule has 100 valence electrons.